The zero-order valence-corrected chi connectivity index (χ0v) is 15.4. The van der Waals surface area contributed by atoms with Crippen LogP contribution in [0.25, 0.3) is 22.0 Å². The molecule has 4 rings (SSSR count). The molecular formula is C20H18N2O3S. The minimum Gasteiger partial charge on any atom is -0.460 e. The first-order chi connectivity index (χ1) is 12.7. The summed E-state index contributed by atoms with van der Waals surface area (Å²) in [6, 6.07) is 15.7. The highest BCUT2D eigenvalue weighted by Gasteiger charge is 2.22. The summed E-state index contributed by atoms with van der Waals surface area (Å²) in [6.07, 6.45) is 0. The standard InChI is InChI=1S/C20H18N2O3S/c1-3-24-19(23)18-14(13-8-4-7-11-17(13)25-18)12-26-20-21-15-9-5-6-10-16(15)22(20)2/h4-11H,3,12H2,1-2H3. The quantitative estimate of drug-likeness (QED) is 0.375. The van der Waals surface area contributed by atoms with Crippen LogP contribution < -0.4 is 0 Å². The first-order valence-corrected chi connectivity index (χ1v) is 9.39. The zero-order valence-electron chi connectivity index (χ0n) is 14.6. The van der Waals surface area contributed by atoms with E-state index in [0.29, 0.717) is 17.9 Å². The van der Waals surface area contributed by atoms with E-state index in [1.807, 2.05) is 55.6 Å². The van der Waals surface area contributed by atoms with Crippen LogP contribution >= 0.6 is 11.8 Å². The number of imidazole rings is 1. The van der Waals surface area contributed by atoms with Crippen LogP contribution in [-0.4, -0.2) is 22.1 Å². The number of hydrogen-bond donors (Lipinski definition) is 0. The number of thioether (sulfide) groups is 1. The van der Waals surface area contributed by atoms with Gasteiger partial charge < -0.3 is 13.7 Å². The Kier molecular flexibility index (Phi) is 4.42. The number of aryl methyl sites for hydroxylation is 1. The maximum absolute atomic E-state index is 12.3. The highest BCUT2D eigenvalue weighted by atomic mass is 32.2. The number of carbonyl (C=O) groups is 1. The molecule has 0 N–H and O–H groups in total. The van der Waals surface area contributed by atoms with Gasteiger partial charge in [-0.15, -0.1) is 0 Å². The third-order valence-corrected chi connectivity index (χ3v) is 5.31. The van der Waals surface area contributed by atoms with Gasteiger partial charge in [-0.3, -0.25) is 0 Å². The fourth-order valence-electron chi connectivity index (χ4n) is 2.99. The molecule has 2 aromatic carbocycles. The van der Waals surface area contributed by atoms with Crippen LogP contribution in [0.5, 0.6) is 0 Å². The van der Waals surface area contributed by atoms with Crippen molar-refractivity contribution < 1.29 is 13.9 Å². The van der Waals surface area contributed by atoms with E-state index in [-0.39, 0.29) is 5.76 Å². The number of hydrogen-bond acceptors (Lipinski definition) is 5. The molecule has 4 aromatic rings. The molecular weight excluding hydrogens is 348 g/mol. The van der Waals surface area contributed by atoms with Crippen LogP contribution in [0, 0.1) is 0 Å². The summed E-state index contributed by atoms with van der Waals surface area (Å²) in [4.78, 5) is 17.0. The second-order valence-corrected chi connectivity index (χ2v) is 6.80. The largest absolute Gasteiger partial charge is 0.460 e. The summed E-state index contributed by atoms with van der Waals surface area (Å²) in [5.41, 5.74) is 3.57. The number of carbonyl (C=O) groups excluding carboxylic acids is 1. The molecule has 2 heterocycles. The predicted molar refractivity (Wildman–Crippen MR) is 102 cm³/mol. The Morgan fingerprint density at radius 2 is 1.96 bits per heavy atom. The summed E-state index contributed by atoms with van der Waals surface area (Å²) >= 11 is 1.58. The van der Waals surface area contributed by atoms with E-state index in [1.165, 1.54) is 0 Å². The monoisotopic (exact) mass is 366 g/mol. The molecule has 0 aliphatic carbocycles. The van der Waals surface area contributed by atoms with E-state index in [4.69, 9.17) is 9.15 Å². The minimum absolute atomic E-state index is 0.277. The number of para-hydroxylation sites is 3. The summed E-state index contributed by atoms with van der Waals surface area (Å²) in [7, 11) is 2.00. The van der Waals surface area contributed by atoms with E-state index in [2.05, 4.69) is 9.55 Å². The summed E-state index contributed by atoms with van der Waals surface area (Å²) in [5, 5.41) is 1.83. The third-order valence-electron chi connectivity index (χ3n) is 4.25. The van der Waals surface area contributed by atoms with Gasteiger partial charge in [-0.1, -0.05) is 42.1 Å². The molecule has 0 saturated carbocycles. The molecule has 6 heteroatoms. The number of fused-ring (bicyclic) bond motifs is 2. The third kappa shape index (κ3) is 2.86. The lowest BCUT2D eigenvalue weighted by Crippen LogP contribution is -2.05. The van der Waals surface area contributed by atoms with Crippen molar-refractivity contribution in [3.05, 3.63) is 59.9 Å². The molecule has 0 atom stereocenters. The summed E-state index contributed by atoms with van der Waals surface area (Å²) in [5.74, 6) is 0.422. The van der Waals surface area contributed by atoms with Crippen molar-refractivity contribution in [2.75, 3.05) is 6.61 Å². The molecule has 0 radical (unpaired) electrons. The van der Waals surface area contributed by atoms with Crippen LogP contribution in [0.3, 0.4) is 0 Å². The number of aromatic nitrogens is 2. The number of furan rings is 1. The molecule has 2 aromatic heterocycles. The van der Waals surface area contributed by atoms with Gasteiger partial charge in [0.1, 0.15) is 5.58 Å². The molecule has 0 amide bonds. The van der Waals surface area contributed by atoms with Gasteiger partial charge in [0.15, 0.2) is 5.16 Å². The molecule has 0 bridgehead atoms. The molecule has 0 fully saturated rings. The average molecular weight is 366 g/mol. The Labute approximate surface area is 155 Å². The van der Waals surface area contributed by atoms with Gasteiger partial charge in [0.25, 0.3) is 0 Å². The normalized spacial score (nSPS) is 11.3. The van der Waals surface area contributed by atoms with Gasteiger partial charge in [-0.05, 0) is 25.1 Å². The maximum atomic E-state index is 12.3. The number of rotatable bonds is 5. The van der Waals surface area contributed by atoms with Gasteiger partial charge in [0.2, 0.25) is 5.76 Å². The Balaban J connectivity index is 1.70. The first-order valence-electron chi connectivity index (χ1n) is 8.40. The van der Waals surface area contributed by atoms with E-state index >= 15 is 0 Å². The summed E-state index contributed by atoms with van der Waals surface area (Å²) in [6.45, 7) is 2.10. The first kappa shape index (κ1) is 16.7. The Bertz CT molecular complexity index is 1100. The van der Waals surface area contributed by atoms with Gasteiger partial charge in [0.05, 0.1) is 17.6 Å². The number of nitrogens with zero attached hydrogens (tertiary/aromatic N) is 2. The number of ether oxygens (including phenoxy) is 1. The highest BCUT2D eigenvalue weighted by molar-refractivity contribution is 7.98. The van der Waals surface area contributed by atoms with E-state index < -0.39 is 5.97 Å². The van der Waals surface area contributed by atoms with Crippen molar-refractivity contribution >= 4 is 39.7 Å². The van der Waals surface area contributed by atoms with Gasteiger partial charge in [0, 0.05) is 23.8 Å². The van der Waals surface area contributed by atoms with Crippen LogP contribution in [0.2, 0.25) is 0 Å². The fourth-order valence-corrected chi connectivity index (χ4v) is 4.01. The molecule has 5 nitrogen and oxygen atoms in total. The topological polar surface area (TPSA) is 57.3 Å². The highest BCUT2D eigenvalue weighted by Crippen LogP contribution is 2.33. The van der Waals surface area contributed by atoms with Gasteiger partial charge >= 0.3 is 5.97 Å². The lowest BCUT2D eigenvalue weighted by Gasteiger charge is -2.04. The summed E-state index contributed by atoms with van der Waals surface area (Å²) < 4.78 is 13.0. The van der Waals surface area contributed by atoms with Crippen molar-refractivity contribution in [1.29, 1.82) is 0 Å². The van der Waals surface area contributed by atoms with E-state index in [1.54, 1.807) is 18.7 Å². The SMILES string of the molecule is CCOC(=O)c1oc2ccccc2c1CSc1nc2ccccc2n1C. The van der Waals surface area contributed by atoms with Crippen molar-refractivity contribution in [2.45, 2.75) is 17.8 Å². The molecule has 0 aliphatic rings. The van der Waals surface area contributed by atoms with Crippen molar-refractivity contribution in [3.8, 4) is 0 Å². The molecule has 0 aliphatic heterocycles. The van der Waals surface area contributed by atoms with Crippen molar-refractivity contribution in [2.24, 2.45) is 7.05 Å². The maximum Gasteiger partial charge on any atom is 0.374 e. The van der Waals surface area contributed by atoms with Crippen LogP contribution in [-0.2, 0) is 17.5 Å². The second kappa shape index (κ2) is 6.88. The Morgan fingerprint density at radius 3 is 2.77 bits per heavy atom. The number of benzene rings is 2. The molecule has 0 saturated heterocycles. The smallest absolute Gasteiger partial charge is 0.374 e. The lowest BCUT2D eigenvalue weighted by atomic mass is 10.1. The zero-order chi connectivity index (χ0) is 18.1. The van der Waals surface area contributed by atoms with Crippen LogP contribution in [0.1, 0.15) is 23.0 Å². The Hall–Kier alpha value is -2.73. The average Bonchev–Trinajstić information content (AvgIpc) is 3.18. The van der Waals surface area contributed by atoms with Gasteiger partial charge in [-0.2, -0.15) is 0 Å². The van der Waals surface area contributed by atoms with Crippen LogP contribution in [0.15, 0.2) is 58.1 Å². The van der Waals surface area contributed by atoms with Crippen LogP contribution in [0.4, 0.5) is 0 Å². The van der Waals surface area contributed by atoms with E-state index in [0.717, 1.165) is 27.1 Å². The molecule has 0 unspecified atom stereocenters. The predicted octanol–water partition coefficient (Wildman–Crippen LogP) is 4.79. The van der Waals surface area contributed by atoms with Gasteiger partial charge in [-0.25, -0.2) is 9.78 Å². The Morgan fingerprint density at radius 1 is 1.19 bits per heavy atom. The number of esters is 1. The molecule has 0 spiro atoms. The molecule has 132 valence electrons. The van der Waals surface area contributed by atoms with E-state index in [9.17, 15) is 4.79 Å². The van der Waals surface area contributed by atoms with Crippen molar-refractivity contribution in [3.63, 3.8) is 0 Å². The van der Waals surface area contributed by atoms with Crippen molar-refractivity contribution in [1.82, 2.24) is 9.55 Å². The second-order valence-electron chi connectivity index (χ2n) is 5.86. The fraction of sp³-hybridized carbons (Fsp3) is 0.200. The minimum atomic E-state index is -0.427. The molecule has 26 heavy (non-hydrogen) atoms. The lowest BCUT2D eigenvalue weighted by molar-refractivity contribution is 0.0491.